The Morgan fingerprint density at radius 3 is 2.70 bits per heavy atom. The fraction of sp³-hybridized carbons (Fsp3) is 0.429. The molecular formula is C14H17BrN2O3. The minimum Gasteiger partial charge on any atom is -0.480 e. The lowest BCUT2D eigenvalue weighted by atomic mass is 9.90. The molecule has 1 heterocycles. The normalized spacial score (nSPS) is 22.6. The molecule has 1 amide bonds. The zero-order valence-corrected chi connectivity index (χ0v) is 12.8. The highest BCUT2D eigenvalue weighted by Gasteiger charge is 2.37. The molecule has 0 aromatic heterocycles. The van der Waals surface area contributed by atoms with E-state index in [-0.39, 0.29) is 11.8 Å². The quantitative estimate of drug-likeness (QED) is 0.809. The molecule has 0 radical (unpaired) electrons. The monoisotopic (exact) mass is 340 g/mol. The van der Waals surface area contributed by atoms with Crippen molar-refractivity contribution in [2.75, 3.05) is 12.3 Å². The van der Waals surface area contributed by atoms with Gasteiger partial charge in [0.25, 0.3) is 5.91 Å². The second kappa shape index (κ2) is 5.83. The van der Waals surface area contributed by atoms with Gasteiger partial charge in [-0.3, -0.25) is 4.79 Å². The van der Waals surface area contributed by atoms with Gasteiger partial charge in [-0.1, -0.05) is 22.9 Å². The number of anilines is 1. The Balaban J connectivity index is 2.32. The van der Waals surface area contributed by atoms with Crippen LogP contribution < -0.4 is 5.73 Å². The van der Waals surface area contributed by atoms with Gasteiger partial charge in [-0.05, 0) is 37.0 Å². The van der Waals surface area contributed by atoms with Gasteiger partial charge in [-0.25, -0.2) is 4.79 Å². The Labute approximate surface area is 125 Å². The largest absolute Gasteiger partial charge is 0.480 e. The summed E-state index contributed by atoms with van der Waals surface area (Å²) in [4.78, 5) is 25.4. The summed E-state index contributed by atoms with van der Waals surface area (Å²) in [6, 6.07) is 4.17. The van der Waals surface area contributed by atoms with E-state index < -0.39 is 12.0 Å². The van der Waals surface area contributed by atoms with Gasteiger partial charge >= 0.3 is 5.97 Å². The van der Waals surface area contributed by atoms with Crippen LogP contribution in [0.4, 0.5) is 5.69 Å². The molecule has 1 aliphatic heterocycles. The van der Waals surface area contributed by atoms with Crippen LogP contribution in [0.5, 0.6) is 0 Å². The number of benzene rings is 1. The number of nitrogens with zero attached hydrogens (tertiary/aromatic N) is 1. The van der Waals surface area contributed by atoms with E-state index in [4.69, 9.17) is 5.73 Å². The molecule has 1 fully saturated rings. The average molecular weight is 341 g/mol. The predicted molar refractivity (Wildman–Crippen MR) is 79.4 cm³/mol. The second-order valence-electron chi connectivity index (χ2n) is 5.17. The van der Waals surface area contributed by atoms with Gasteiger partial charge in [0.2, 0.25) is 0 Å². The van der Waals surface area contributed by atoms with Crippen molar-refractivity contribution in [3.8, 4) is 0 Å². The number of amides is 1. The number of likely N-dealkylation sites (tertiary alicyclic amines) is 1. The van der Waals surface area contributed by atoms with Crippen LogP contribution in [0.1, 0.15) is 30.1 Å². The van der Waals surface area contributed by atoms with E-state index in [0.29, 0.717) is 22.3 Å². The first-order valence-corrected chi connectivity index (χ1v) is 7.29. The summed E-state index contributed by atoms with van der Waals surface area (Å²) in [5, 5.41) is 9.36. The van der Waals surface area contributed by atoms with Crippen molar-refractivity contribution in [1.82, 2.24) is 4.90 Å². The summed E-state index contributed by atoms with van der Waals surface area (Å²) in [5.74, 6) is -1.28. The smallest absolute Gasteiger partial charge is 0.326 e. The molecule has 20 heavy (non-hydrogen) atoms. The standard InChI is InChI=1S/C14H17BrN2O3/c1-8-3-2-4-17(12(8)14(19)20)13(18)9-5-10(15)7-11(16)6-9/h5-8,12H,2-4,16H2,1H3,(H,19,20). The van der Waals surface area contributed by atoms with Crippen LogP contribution in [0.2, 0.25) is 0 Å². The average Bonchev–Trinajstić information content (AvgIpc) is 2.35. The van der Waals surface area contributed by atoms with Crippen LogP contribution >= 0.6 is 15.9 Å². The molecule has 0 saturated carbocycles. The Kier molecular flexibility index (Phi) is 4.32. The number of hydrogen-bond acceptors (Lipinski definition) is 3. The number of carboxylic acid groups (broad SMARTS) is 1. The first-order valence-electron chi connectivity index (χ1n) is 6.50. The fourth-order valence-electron chi connectivity index (χ4n) is 2.69. The molecule has 5 nitrogen and oxygen atoms in total. The first-order chi connectivity index (χ1) is 9.40. The SMILES string of the molecule is CC1CCCN(C(=O)c2cc(N)cc(Br)c2)C1C(=O)O. The minimum atomic E-state index is -0.950. The molecule has 0 spiro atoms. The summed E-state index contributed by atoms with van der Waals surface area (Å²) in [7, 11) is 0. The number of carboxylic acids is 1. The van der Waals surface area contributed by atoms with Crippen molar-refractivity contribution < 1.29 is 14.7 Å². The Hall–Kier alpha value is -1.56. The predicted octanol–water partition coefficient (Wildman–Crippen LogP) is 2.36. The van der Waals surface area contributed by atoms with Crippen LogP contribution in [-0.2, 0) is 4.79 Å². The lowest BCUT2D eigenvalue weighted by Crippen LogP contribution is -2.51. The van der Waals surface area contributed by atoms with Crippen molar-refractivity contribution >= 4 is 33.5 Å². The first kappa shape index (κ1) is 14.8. The minimum absolute atomic E-state index is 0.0466. The lowest BCUT2D eigenvalue weighted by molar-refractivity contribution is -0.145. The summed E-state index contributed by atoms with van der Waals surface area (Å²) in [5.41, 5.74) is 6.62. The van der Waals surface area contributed by atoms with Gasteiger partial charge < -0.3 is 15.7 Å². The van der Waals surface area contributed by atoms with Crippen molar-refractivity contribution in [2.45, 2.75) is 25.8 Å². The van der Waals surface area contributed by atoms with Gasteiger partial charge in [-0.15, -0.1) is 0 Å². The van der Waals surface area contributed by atoms with Crippen LogP contribution in [0.15, 0.2) is 22.7 Å². The maximum absolute atomic E-state index is 12.6. The fourth-order valence-corrected chi connectivity index (χ4v) is 3.20. The number of hydrogen-bond donors (Lipinski definition) is 2. The number of halogens is 1. The Bertz CT molecular complexity index is 527. The molecule has 1 aromatic rings. The molecule has 6 heteroatoms. The molecule has 3 N–H and O–H groups in total. The summed E-state index contributed by atoms with van der Waals surface area (Å²) in [6.07, 6.45) is 1.64. The van der Waals surface area contributed by atoms with Crippen LogP contribution in [0.25, 0.3) is 0 Å². The highest BCUT2D eigenvalue weighted by atomic mass is 79.9. The van der Waals surface area contributed by atoms with E-state index in [1.807, 2.05) is 6.92 Å². The van der Waals surface area contributed by atoms with E-state index in [2.05, 4.69) is 15.9 Å². The summed E-state index contributed by atoms with van der Waals surface area (Å²) in [6.45, 7) is 2.33. The zero-order valence-electron chi connectivity index (χ0n) is 11.2. The van der Waals surface area contributed by atoms with E-state index in [1.165, 1.54) is 4.90 Å². The van der Waals surface area contributed by atoms with Gasteiger partial charge in [0.1, 0.15) is 6.04 Å². The molecule has 1 aliphatic rings. The third-order valence-corrected chi connectivity index (χ3v) is 4.07. The molecule has 108 valence electrons. The molecule has 1 aromatic carbocycles. The zero-order chi connectivity index (χ0) is 14.9. The van der Waals surface area contributed by atoms with Crippen molar-refractivity contribution in [3.63, 3.8) is 0 Å². The number of rotatable bonds is 2. The summed E-state index contributed by atoms with van der Waals surface area (Å²) < 4.78 is 0.706. The number of carbonyl (C=O) groups is 2. The number of nitrogens with two attached hydrogens (primary N) is 1. The number of carbonyl (C=O) groups excluding carboxylic acids is 1. The Morgan fingerprint density at radius 2 is 2.10 bits per heavy atom. The van der Waals surface area contributed by atoms with Gasteiger partial charge in [0, 0.05) is 22.3 Å². The van der Waals surface area contributed by atoms with E-state index in [1.54, 1.807) is 18.2 Å². The number of nitrogen functional groups attached to an aromatic ring is 1. The topological polar surface area (TPSA) is 83.6 Å². The van der Waals surface area contributed by atoms with E-state index in [0.717, 1.165) is 12.8 Å². The van der Waals surface area contributed by atoms with Crippen LogP contribution in [0, 0.1) is 5.92 Å². The molecule has 2 atom stereocenters. The number of piperidine rings is 1. The molecule has 2 rings (SSSR count). The van der Waals surface area contributed by atoms with Crippen LogP contribution in [0.3, 0.4) is 0 Å². The number of aliphatic carboxylic acids is 1. The second-order valence-corrected chi connectivity index (χ2v) is 6.09. The molecular weight excluding hydrogens is 324 g/mol. The third-order valence-electron chi connectivity index (χ3n) is 3.61. The molecule has 0 bridgehead atoms. The van der Waals surface area contributed by atoms with E-state index >= 15 is 0 Å². The third kappa shape index (κ3) is 2.95. The van der Waals surface area contributed by atoms with Gasteiger partial charge in [0.15, 0.2) is 0 Å². The van der Waals surface area contributed by atoms with Crippen molar-refractivity contribution in [3.05, 3.63) is 28.2 Å². The van der Waals surface area contributed by atoms with Crippen molar-refractivity contribution in [1.29, 1.82) is 0 Å². The maximum atomic E-state index is 12.6. The van der Waals surface area contributed by atoms with Gasteiger partial charge in [-0.2, -0.15) is 0 Å². The maximum Gasteiger partial charge on any atom is 0.326 e. The molecule has 2 unspecified atom stereocenters. The Morgan fingerprint density at radius 1 is 1.40 bits per heavy atom. The molecule has 1 saturated heterocycles. The molecule has 0 aliphatic carbocycles. The summed E-state index contributed by atoms with van der Waals surface area (Å²) >= 11 is 3.29. The van der Waals surface area contributed by atoms with E-state index in [9.17, 15) is 14.7 Å². The van der Waals surface area contributed by atoms with Crippen LogP contribution in [-0.4, -0.2) is 34.5 Å². The highest BCUT2D eigenvalue weighted by molar-refractivity contribution is 9.10. The van der Waals surface area contributed by atoms with Gasteiger partial charge in [0.05, 0.1) is 0 Å². The van der Waals surface area contributed by atoms with Crippen molar-refractivity contribution in [2.24, 2.45) is 5.92 Å². The lowest BCUT2D eigenvalue weighted by Gasteiger charge is -2.37. The highest BCUT2D eigenvalue weighted by Crippen LogP contribution is 2.26.